The van der Waals surface area contributed by atoms with E-state index in [-0.39, 0.29) is 34.7 Å². The second kappa shape index (κ2) is 29.2. The van der Waals surface area contributed by atoms with E-state index < -0.39 is 0 Å². The topological polar surface area (TPSA) is 207 Å². The fourth-order valence-electron chi connectivity index (χ4n) is 5.59. The molecule has 18 nitrogen and oxygen atoms in total. The molecule has 0 amide bonds. The quantitative estimate of drug-likeness (QED) is 0.174. The zero-order valence-electron chi connectivity index (χ0n) is 31.9. The van der Waals surface area contributed by atoms with Crippen molar-refractivity contribution in [2.45, 2.75) is 59.3 Å². The number of anilines is 3. The van der Waals surface area contributed by atoms with Gasteiger partial charge in [0.25, 0.3) is 0 Å². The Balaban J connectivity index is 0.000000449. The molecule has 2 fully saturated rings. The minimum absolute atomic E-state index is 0. The van der Waals surface area contributed by atoms with Crippen molar-refractivity contribution in [1.29, 1.82) is 0 Å². The van der Waals surface area contributed by atoms with Crippen LogP contribution in [-0.2, 0) is 28.4 Å². The number of rotatable bonds is 19. The average molecular weight is 830 g/mol. The number of ether oxygens (including phenoxy) is 6. The van der Waals surface area contributed by atoms with Crippen molar-refractivity contribution in [3.8, 4) is 0 Å². The van der Waals surface area contributed by atoms with E-state index >= 15 is 0 Å². The first-order valence-electron chi connectivity index (χ1n) is 17.7. The van der Waals surface area contributed by atoms with E-state index in [4.69, 9.17) is 74.7 Å². The summed E-state index contributed by atoms with van der Waals surface area (Å²) < 4.78 is 31.8. The molecule has 4 rings (SSSR count). The Kier molecular flexibility index (Phi) is 27.0. The zero-order chi connectivity index (χ0) is 39.0. The van der Waals surface area contributed by atoms with Crippen molar-refractivity contribution in [1.82, 2.24) is 45.5 Å². The van der Waals surface area contributed by atoms with Gasteiger partial charge in [0.2, 0.25) is 11.2 Å². The summed E-state index contributed by atoms with van der Waals surface area (Å²) in [6, 6.07) is 1.85. The summed E-state index contributed by atoms with van der Waals surface area (Å²) >= 11 is 16.5. The van der Waals surface area contributed by atoms with E-state index in [1.807, 2.05) is 0 Å². The average Bonchev–Trinajstić information content (AvgIpc) is 3.12. The lowest BCUT2D eigenvalue weighted by molar-refractivity contribution is 0.00996. The van der Waals surface area contributed by atoms with E-state index in [0.717, 1.165) is 45.9 Å². The maximum atomic E-state index is 5.80. The van der Waals surface area contributed by atoms with Gasteiger partial charge >= 0.3 is 0 Å². The number of methoxy groups -OCH3 is 2. The van der Waals surface area contributed by atoms with Gasteiger partial charge in [-0.25, -0.2) is 0 Å². The summed E-state index contributed by atoms with van der Waals surface area (Å²) in [5, 5.41) is 18.3. The Bertz CT molecular complexity index is 1250. The van der Waals surface area contributed by atoms with Crippen LogP contribution in [-0.4, -0.2) is 184 Å². The van der Waals surface area contributed by atoms with Gasteiger partial charge in [-0.05, 0) is 39.3 Å². The number of nitrogen functional groups attached to an aromatic ring is 2. The van der Waals surface area contributed by atoms with E-state index in [1.54, 1.807) is 14.2 Å². The molecule has 0 saturated carbocycles. The molecule has 4 atom stereocenters. The van der Waals surface area contributed by atoms with Gasteiger partial charge in [-0.15, -0.1) is 20.4 Å². The molecule has 2 aliphatic rings. The standard InChI is InChI=1S/C16H29ClN6O3.C13H28N2O3.C3H2Cl2N4.CH4/c1-12-10-22(16-19-15(18)14(17)20-21-16)11-13(2)23(12)4-5-25-8-9-26-7-6-24-3;1-12-10-14-11-13(2)15(12)4-5-17-8-9-18-7-6-16-3;4-1-2(6)7-3(5)9-8-1;/h12-13H,4-11H2,1-3H3,(H2,18,19,21);12-14H,4-11H2,1-3H3;(H2,6,7,9);1H4. The molecule has 0 aromatic carbocycles. The fraction of sp³-hybridized carbons (Fsp3) is 0.818. The van der Waals surface area contributed by atoms with Crippen LogP contribution >= 0.6 is 34.8 Å². The Morgan fingerprint density at radius 2 is 1.00 bits per heavy atom. The molecule has 2 aromatic heterocycles. The van der Waals surface area contributed by atoms with Gasteiger partial charge in [-0.3, -0.25) is 9.80 Å². The van der Waals surface area contributed by atoms with Crippen molar-refractivity contribution in [3.63, 3.8) is 0 Å². The van der Waals surface area contributed by atoms with Crippen molar-refractivity contribution >= 4 is 52.4 Å². The van der Waals surface area contributed by atoms with Crippen LogP contribution < -0.4 is 21.7 Å². The Morgan fingerprint density at radius 3 is 1.43 bits per heavy atom. The second-order valence-electron chi connectivity index (χ2n) is 12.4. The summed E-state index contributed by atoms with van der Waals surface area (Å²) in [5.41, 5.74) is 10.9. The van der Waals surface area contributed by atoms with E-state index in [9.17, 15) is 0 Å². The van der Waals surface area contributed by atoms with Gasteiger partial charge < -0.3 is 50.1 Å². The highest BCUT2D eigenvalue weighted by Gasteiger charge is 2.31. The molecule has 0 bridgehead atoms. The molecule has 0 radical (unpaired) electrons. The van der Waals surface area contributed by atoms with Crippen LogP contribution in [0.15, 0.2) is 0 Å². The Morgan fingerprint density at radius 1 is 0.593 bits per heavy atom. The van der Waals surface area contributed by atoms with Gasteiger partial charge in [0.15, 0.2) is 21.9 Å². The highest BCUT2D eigenvalue weighted by atomic mass is 35.5. The van der Waals surface area contributed by atoms with E-state index in [1.165, 1.54) is 0 Å². The van der Waals surface area contributed by atoms with E-state index in [2.05, 4.69) is 78.1 Å². The molecular weight excluding hydrogens is 767 g/mol. The molecule has 4 unspecified atom stereocenters. The fourth-order valence-corrected chi connectivity index (χ4v) is 5.88. The van der Waals surface area contributed by atoms with Crippen LogP contribution in [0.4, 0.5) is 17.6 Å². The monoisotopic (exact) mass is 828 g/mol. The Hall–Kier alpha value is -2.07. The highest BCUT2D eigenvalue weighted by Crippen LogP contribution is 2.21. The third-order valence-corrected chi connectivity index (χ3v) is 8.99. The van der Waals surface area contributed by atoms with Gasteiger partial charge in [0, 0.05) is 77.7 Å². The normalized spacial score (nSPS) is 20.4. The van der Waals surface area contributed by atoms with Crippen LogP contribution in [0.1, 0.15) is 35.1 Å². The first-order chi connectivity index (χ1) is 25.5. The molecule has 2 aliphatic heterocycles. The van der Waals surface area contributed by atoms with E-state index in [0.29, 0.717) is 89.6 Å². The van der Waals surface area contributed by atoms with Crippen LogP contribution in [0.25, 0.3) is 0 Å². The van der Waals surface area contributed by atoms with Crippen LogP contribution in [0.2, 0.25) is 15.6 Å². The minimum Gasteiger partial charge on any atom is -0.382 e. The molecule has 312 valence electrons. The van der Waals surface area contributed by atoms with Crippen molar-refractivity contribution in [2.24, 2.45) is 0 Å². The highest BCUT2D eigenvalue weighted by molar-refractivity contribution is 6.32. The summed E-state index contributed by atoms with van der Waals surface area (Å²) in [4.78, 5) is 14.8. The van der Waals surface area contributed by atoms with Gasteiger partial charge in [-0.2, -0.15) is 9.97 Å². The molecule has 0 spiro atoms. The first-order valence-corrected chi connectivity index (χ1v) is 18.8. The first kappa shape index (κ1) is 49.9. The number of nitrogens with one attached hydrogen (secondary N) is 1. The third-order valence-electron chi connectivity index (χ3n) is 8.29. The lowest BCUT2D eigenvalue weighted by atomic mass is 10.1. The number of hydrogen-bond donors (Lipinski definition) is 3. The van der Waals surface area contributed by atoms with Crippen LogP contribution in [0.3, 0.4) is 0 Å². The lowest BCUT2D eigenvalue weighted by Crippen LogP contribution is -2.57. The van der Waals surface area contributed by atoms with Gasteiger partial charge in [0.1, 0.15) is 0 Å². The predicted molar refractivity (Wildman–Crippen MR) is 214 cm³/mol. The molecular formula is C33H63Cl3N12O6. The maximum Gasteiger partial charge on any atom is 0.247 e. The number of halogens is 3. The lowest BCUT2D eigenvalue weighted by Gasteiger charge is -2.44. The molecule has 21 heteroatoms. The summed E-state index contributed by atoms with van der Waals surface area (Å²) in [7, 11) is 3.34. The van der Waals surface area contributed by atoms with Crippen LogP contribution in [0.5, 0.6) is 0 Å². The molecule has 4 heterocycles. The smallest absolute Gasteiger partial charge is 0.247 e. The zero-order valence-corrected chi connectivity index (χ0v) is 34.2. The molecule has 0 aliphatic carbocycles. The van der Waals surface area contributed by atoms with Gasteiger partial charge in [0.05, 0.1) is 66.1 Å². The Labute approximate surface area is 336 Å². The number of piperazine rings is 2. The van der Waals surface area contributed by atoms with Crippen LogP contribution in [0, 0.1) is 0 Å². The third kappa shape index (κ3) is 19.7. The molecule has 54 heavy (non-hydrogen) atoms. The number of hydrogen-bond acceptors (Lipinski definition) is 18. The van der Waals surface area contributed by atoms with Gasteiger partial charge in [-0.1, -0.05) is 30.6 Å². The largest absolute Gasteiger partial charge is 0.382 e. The summed E-state index contributed by atoms with van der Waals surface area (Å²) in [6.45, 7) is 21.0. The SMILES string of the molecule is C.COCCOCCOCCN1C(C)CN(c2nnc(Cl)c(N)n2)CC1C.COCCOCCOCCN1C(C)CNCC1C.Nc1nc(Cl)nnc1Cl. The molecule has 2 saturated heterocycles. The molecule has 2 aromatic rings. The number of aromatic nitrogens is 6. The minimum atomic E-state index is -0.00287. The molecule has 5 N–H and O–H groups in total. The number of nitrogens with zero attached hydrogens (tertiary/aromatic N) is 9. The van der Waals surface area contributed by atoms with Crippen molar-refractivity contribution < 1.29 is 28.4 Å². The summed E-state index contributed by atoms with van der Waals surface area (Å²) in [6.07, 6.45) is 0. The maximum absolute atomic E-state index is 5.80. The van der Waals surface area contributed by atoms with Crippen molar-refractivity contribution in [2.75, 3.05) is 136 Å². The predicted octanol–water partition coefficient (Wildman–Crippen LogP) is 2.43. The summed E-state index contributed by atoms with van der Waals surface area (Å²) in [5.74, 6) is 0.826. The second-order valence-corrected chi connectivity index (χ2v) is 13.5. The number of nitrogens with two attached hydrogens (primary N) is 2. The van der Waals surface area contributed by atoms with Crippen molar-refractivity contribution in [3.05, 3.63) is 15.6 Å².